The highest BCUT2D eigenvalue weighted by Crippen LogP contribution is 2.25. The number of nitrogens with one attached hydrogen (secondary N) is 3. The van der Waals surface area contributed by atoms with Gasteiger partial charge in [0.2, 0.25) is 10.0 Å². The number of nitrogens with zero attached hydrogens (tertiary/aromatic N) is 1. The third kappa shape index (κ3) is 8.52. The van der Waals surface area contributed by atoms with Crippen molar-refractivity contribution in [3.8, 4) is 5.75 Å². The zero-order valence-electron chi connectivity index (χ0n) is 17.0. The molecule has 1 aromatic carbocycles. The van der Waals surface area contributed by atoms with E-state index in [0.717, 1.165) is 29.7 Å². The summed E-state index contributed by atoms with van der Waals surface area (Å²) in [4.78, 5) is 4.15. The minimum atomic E-state index is -3.26. The average molecular weight is 524 g/mol. The molecule has 0 radical (unpaired) electrons. The van der Waals surface area contributed by atoms with Gasteiger partial charge in [0.05, 0.1) is 12.4 Å². The number of rotatable bonds is 10. The van der Waals surface area contributed by atoms with Crippen molar-refractivity contribution in [1.82, 2.24) is 15.4 Å². The van der Waals surface area contributed by atoms with Crippen molar-refractivity contribution in [2.75, 3.05) is 32.5 Å². The lowest BCUT2D eigenvalue weighted by atomic mass is 9.86. The number of hydrogen-bond acceptors (Lipinski definition) is 4. The predicted octanol–water partition coefficient (Wildman–Crippen LogP) is 2.40. The van der Waals surface area contributed by atoms with Crippen LogP contribution < -0.4 is 20.1 Å². The Morgan fingerprint density at radius 1 is 1.29 bits per heavy atom. The molecule has 1 aliphatic rings. The Morgan fingerprint density at radius 3 is 2.64 bits per heavy atom. The van der Waals surface area contributed by atoms with Gasteiger partial charge in [-0.05, 0) is 44.2 Å². The molecule has 0 saturated heterocycles. The van der Waals surface area contributed by atoms with Crippen molar-refractivity contribution in [2.45, 2.75) is 39.7 Å². The molecule has 3 N–H and O–H groups in total. The van der Waals surface area contributed by atoms with Crippen molar-refractivity contribution in [2.24, 2.45) is 10.9 Å². The zero-order valence-corrected chi connectivity index (χ0v) is 20.1. The molecule has 0 spiro atoms. The third-order valence-corrected chi connectivity index (χ3v) is 6.02. The Bertz CT molecular complexity index is 737. The monoisotopic (exact) mass is 524 g/mol. The van der Waals surface area contributed by atoms with Crippen molar-refractivity contribution in [3.63, 3.8) is 0 Å². The fraction of sp³-hybridized carbons (Fsp3) is 0.632. The Kier molecular flexibility index (Phi) is 11.1. The minimum absolute atomic E-state index is 0. The van der Waals surface area contributed by atoms with Crippen LogP contribution in [0.2, 0.25) is 0 Å². The number of ether oxygens (including phenoxy) is 1. The van der Waals surface area contributed by atoms with Gasteiger partial charge in [-0.3, -0.25) is 4.99 Å². The van der Waals surface area contributed by atoms with Crippen LogP contribution in [0.15, 0.2) is 23.2 Å². The lowest BCUT2D eigenvalue weighted by Crippen LogP contribution is -2.41. The van der Waals surface area contributed by atoms with Crippen LogP contribution >= 0.6 is 24.0 Å². The maximum Gasteiger partial charge on any atom is 0.213 e. The first-order valence-electron chi connectivity index (χ1n) is 9.57. The van der Waals surface area contributed by atoms with Gasteiger partial charge in [0.1, 0.15) is 5.75 Å². The summed E-state index contributed by atoms with van der Waals surface area (Å²) in [6.45, 7) is 5.99. The number of aryl methyl sites for hydroxylation is 1. The molecule has 0 unspecified atom stereocenters. The molecule has 28 heavy (non-hydrogen) atoms. The van der Waals surface area contributed by atoms with E-state index in [1.807, 2.05) is 32.0 Å². The summed E-state index contributed by atoms with van der Waals surface area (Å²) in [6, 6.07) is 6.07. The first-order valence-corrected chi connectivity index (χ1v) is 11.2. The molecular weight excluding hydrogens is 491 g/mol. The van der Waals surface area contributed by atoms with E-state index in [9.17, 15) is 8.42 Å². The summed E-state index contributed by atoms with van der Waals surface area (Å²) >= 11 is 0. The number of halogens is 1. The Balaban J connectivity index is 0.00000392. The Labute approximate surface area is 186 Å². The van der Waals surface area contributed by atoms with E-state index in [-0.39, 0.29) is 29.7 Å². The van der Waals surface area contributed by atoms with Crippen LogP contribution in [0.1, 0.15) is 37.3 Å². The normalized spacial score (nSPS) is 14.8. The van der Waals surface area contributed by atoms with E-state index in [4.69, 9.17) is 4.74 Å². The van der Waals surface area contributed by atoms with Crippen molar-refractivity contribution < 1.29 is 13.2 Å². The maximum atomic E-state index is 12.0. The number of guanidine groups is 1. The number of hydrogen-bond donors (Lipinski definition) is 3. The number of sulfonamides is 1. The molecule has 160 valence electrons. The van der Waals surface area contributed by atoms with Gasteiger partial charge in [-0.15, -0.1) is 24.0 Å². The Hall–Kier alpha value is -1.07. The summed E-state index contributed by atoms with van der Waals surface area (Å²) in [6.07, 6.45) is 3.46. The largest absolute Gasteiger partial charge is 0.494 e. The fourth-order valence-corrected chi connectivity index (χ4v) is 3.82. The molecule has 1 aliphatic carbocycles. The van der Waals surface area contributed by atoms with Crippen LogP contribution in [0.5, 0.6) is 5.75 Å². The first kappa shape index (κ1) is 25.0. The van der Waals surface area contributed by atoms with E-state index >= 15 is 0 Å². The van der Waals surface area contributed by atoms with Crippen molar-refractivity contribution in [1.29, 1.82) is 0 Å². The molecule has 0 aliphatic heterocycles. The van der Waals surface area contributed by atoms with Crippen LogP contribution in [0.4, 0.5) is 0 Å². The standard InChI is InChI=1S/C19H32N4O3S.HI/c1-4-26-18-12-15(2)8-9-17(18)14-22-19(20-3)21-10-11-27(24,25)23-13-16-6-5-7-16;/h8-9,12,16,23H,4-7,10-11,13-14H2,1-3H3,(H2,20,21,22);1H. The predicted molar refractivity (Wildman–Crippen MR) is 125 cm³/mol. The minimum Gasteiger partial charge on any atom is -0.494 e. The topological polar surface area (TPSA) is 91.8 Å². The quantitative estimate of drug-likeness (QED) is 0.249. The van der Waals surface area contributed by atoms with E-state index in [1.165, 1.54) is 6.42 Å². The molecule has 0 amide bonds. The molecule has 9 heteroatoms. The second-order valence-corrected chi connectivity index (χ2v) is 8.79. The lowest BCUT2D eigenvalue weighted by Gasteiger charge is -2.25. The number of aliphatic imine (C=N–C) groups is 1. The molecule has 7 nitrogen and oxygen atoms in total. The van der Waals surface area contributed by atoms with Gasteiger partial charge in [0.25, 0.3) is 0 Å². The molecule has 1 fully saturated rings. The van der Waals surface area contributed by atoms with Crippen LogP contribution in [-0.2, 0) is 16.6 Å². The summed E-state index contributed by atoms with van der Waals surface area (Å²) in [5.74, 6) is 1.95. The van der Waals surface area contributed by atoms with E-state index in [1.54, 1.807) is 7.05 Å². The second kappa shape index (κ2) is 12.5. The van der Waals surface area contributed by atoms with E-state index in [0.29, 0.717) is 38.1 Å². The van der Waals surface area contributed by atoms with E-state index in [2.05, 4.69) is 20.3 Å². The van der Waals surface area contributed by atoms with Crippen LogP contribution in [-0.4, -0.2) is 46.9 Å². The SMILES string of the molecule is CCOc1cc(C)ccc1CNC(=NC)NCCS(=O)(=O)NCC1CCC1.I. The van der Waals surface area contributed by atoms with Gasteiger partial charge >= 0.3 is 0 Å². The van der Waals surface area contributed by atoms with Gasteiger partial charge in [-0.1, -0.05) is 18.6 Å². The summed E-state index contributed by atoms with van der Waals surface area (Å²) in [7, 11) is -1.59. The second-order valence-electron chi connectivity index (χ2n) is 6.86. The molecule has 0 bridgehead atoms. The van der Waals surface area contributed by atoms with Crippen LogP contribution in [0.3, 0.4) is 0 Å². The highest BCUT2D eigenvalue weighted by Gasteiger charge is 2.20. The zero-order chi connectivity index (χ0) is 19.7. The summed E-state index contributed by atoms with van der Waals surface area (Å²) < 4.78 is 32.5. The fourth-order valence-electron chi connectivity index (χ4n) is 2.81. The van der Waals surface area contributed by atoms with Gasteiger partial charge < -0.3 is 15.4 Å². The first-order chi connectivity index (χ1) is 12.9. The Morgan fingerprint density at radius 2 is 2.04 bits per heavy atom. The highest BCUT2D eigenvalue weighted by atomic mass is 127. The van der Waals surface area contributed by atoms with Gasteiger partial charge in [-0.2, -0.15) is 0 Å². The maximum absolute atomic E-state index is 12.0. The third-order valence-electron chi connectivity index (χ3n) is 4.67. The van der Waals surface area contributed by atoms with Gasteiger partial charge in [-0.25, -0.2) is 13.1 Å². The van der Waals surface area contributed by atoms with Gasteiger partial charge in [0, 0.05) is 32.2 Å². The molecule has 1 saturated carbocycles. The molecule has 0 aromatic heterocycles. The van der Waals surface area contributed by atoms with E-state index < -0.39 is 10.0 Å². The molecule has 1 aromatic rings. The van der Waals surface area contributed by atoms with Crippen molar-refractivity contribution >= 4 is 40.0 Å². The molecular formula is C19H33IN4O3S. The average Bonchev–Trinajstić information content (AvgIpc) is 2.58. The summed E-state index contributed by atoms with van der Waals surface area (Å²) in [5, 5.41) is 6.26. The van der Waals surface area contributed by atoms with Gasteiger partial charge in [0.15, 0.2) is 5.96 Å². The molecule has 0 atom stereocenters. The van der Waals surface area contributed by atoms with Crippen molar-refractivity contribution in [3.05, 3.63) is 29.3 Å². The smallest absolute Gasteiger partial charge is 0.213 e. The summed E-state index contributed by atoms with van der Waals surface area (Å²) in [5.41, 5.74) is 2.17. The number of benzene rings is 1. The molecule has 0 heterocycles. The van der Waals surface area contributed by atoms with Crippen LogP contribution in [0.25, 0.3) is 0 Å². The van der Waals surface area contributed by atoms with Crippen LogP contribution in [0, 0.1) is 12.8 Å². The highest BCUT2D eigenvalue weighted by molar-refractivity contribution is 14.0. The molecule has 2 rings (SSSR count). The lowest BCUT2D eigenvalue weighted by molar-refractivity contribution is 0.316.